The van der Waals surface area contributed by atoms with Crippen LogP contribution >= 0.6 is 0 Å². The Hall–Kier alpha value is -2.84. The third kappa shape index (κ3) is 6.11. The van der Waals surface area contributed by atoms with Gasteiger partial charge in [0.15, 0.2) is 0 Å². The third-order valence-electron chi connectivity index (χ3n) is 3.89. The van der Waals surface area contributed by atoms with Crippen molar-refractivity contribution in [2.24, 2.45) is 0 Å². The highest BCUT2D eigenvalue weighted by molar-refractivity contribution is 7.89. The van der Waals surface area contributed by atoms with Crippen LogP contribution in [0.1, 0.15) is 11.1 Å². The summed E-state index contributed by atoms with van der Waals surface area (Å²) in [5.41, 5.74) is 1.69. The van der Waals surface area contributed by atoms with Crippen LogP contribution in [-0.2, 0) is 26.0 Å². The number of carbonyl (C=O) groups excluding carboxylic acids is 1. The number of aromatic hydroxyl groups is 1. The average molecular weight is 405 g/mol. The topological polar surface area (TPSA) is 93.1 Å². The van der Waals surface area contributed by atoms with Crippen LogP contribution in [-0.4, -0.2) is 44.2 Å². The number of phenolic OH excluding ortho intramolecular Hbond substituents is 1. The Labute approximate surface area is 164 Å². The van der Waals surface area contributed by atoms with E-state index in [4.69, 9.17) is 4.74 Å². The normalized spacial score (nSPS) is 11.7. The molecular formula is C20H23NO6S. The molecule has 0 saturated carbocycles. The molecule has 0 aromatic heterocycles. The van der Waals surface area contributed by atoms with Crippen molar-refractivity contribution >= 4 is 16.2 Å². The number of methoxy groups -OCH3 is 1. The van der Waals surface area contributed by atoms with Gasteiger partial charge in [0.1, 0.15) is 12.4 Å². The van der Waals surface area contributed by atoms with Crippen molar-refractivity contribution in [1.29, 1.82) is 0 Å². The Morgan fingerprint density at radius 1 is 1.07 bits per heavy atom. The second-order valence-corrected chi connectivity index (χ2v) is 7.95. The molecule has 150 valence electrons. The van der Waals surface area contributed by atoms with Crippen LogP contribution in [0.25, 0.3) is 0 Å². The van der Waals surface area contributed by atoms with E-state index in [1.807, 2.05) is 6.92 Å². The number of aryl methyl sites for hydroxylation is 1. The fourth-order valence-corrected chi connectivity index (χ4v) is 3.73. The van der Waals surface area contributed by atoms with Gasteiger partial charge in [-0.25, -0.2) is 13.2 Å². The fourth-order valence-electron chi connectivity index (χ4n) is 2.35. The molecule has 8 heteroatoms. The maximum absolute atomic E-state index is 13.1. The van der Waals surface area contributed by atoms with Gasteiger partial charge >= 0.3 is 6.16 Å². The SMILES string of the molecule is COC(=O)OC/C=C/CN(Cc1ccc(O)cc1)S(=O)(=O)c1ccc(C)cc1. The lowest BCUT2D eigenvalue weighted by molar-refractivity contribution is 0.0817. The highest BCUT2D eigenvalue weighted by Gasteiger charge is 2.23. The summed E-state index contributed by atoms with van der Waals surface area (Å²) in [6.45, 7) is 2.07. The van der Waals surface area contributed by atoms with Gasteiger partial charge in [0, 0.05) is 13.1 Å². The minimum atomic E-state index is -3.75. The molecule has 0 atom stereocenters. The molecular weight excluding hydrogens is 382 g/mol. The van der Waals surface area contributed by atoms with Crippen molar-refractivity contribution in [3.05, 3.63) is 71.8 Å². The highest BCUT2D eigenvalue weighted by Crippen LogP contribution is 2.20. The van der Waals surface area contributed by atoms with Crippen LogP contribution in [0, 0.1) is 6.92 Å². The molecule has 0 fully saturated rings. The van der Waals surface area contributed by atoms with E-state index in [2.05, 4.69) is 4.74 Å². The zero-order chi connectivity index (χ0) is 20.6. The van der Waals surface area contributed by atoms with Gasteiger partial charge in [-0.15, -0.1) is 0 Å². The molecule has 2 rings (SSSR count). The number of phenols is 1. The minimum absolute atomic E-state index is 0.0235. The summed E-state index contributed by atoms with van der Waals surface area (Å²) in [6.07, 6.45) is 2.35. The first kappa shape index (κ1) is 21.5. The lowest BCUT2D eigenvalue weighted by Gasteiger charge is -2.21. The molecule has 28 heavy (non-hydrogen) atoms. The van der Waals surface area contributed by atoms with Crippen LogP contribution in [0.2, 0.25) is 0 Å². The monoisotopic (exact) mass is 405 g/mol. The molecule has 7 nitrogen and oxygen atoms in total. The molecule has 1 N–H and O–H groups in total. The van der Waals surface area contributed by atoms with E-state index in [1.165, 1.54) is 23.5 Å². The molecule has 0 aliphatic rings. The van der Waals surface area contributed by atoms with Gasteiger partial charge in [0.25, 0.3) is 0 Å². The van der Waals surface area contributed by atoms with Crippen molar-refractivity contribution in [2.75, 3.05) is 20.3 Å². The van der Waals surface area contributed by atoms with Gasteiger partial charge in [0.2, 0.25) is 10.0 Å². The largest absolute Gasteiger partial charge is 0.508 e. The molecule has 0 heterocycles. The summed E-state index contributed by atoms with van der Waals surface area (Å²) >= 11 is 0. The zero-order valence-corrected chi connectivity index (χ0v) is 16.6. The lowest BCUT2D eigenvalue weighted by atomic mass is 10.2. The Morgan fingerprint density at radius 2 is 1.71 bits per heavy atom. The molecule has 0 aliphatic heterocycles. The molecule has 2 aromatic rings. The standard InChI is InChI=1S/C20H23NO6S/c1-16-5-11-19(12-6-16)28(24,25)21(13-3-4-14-27-20(23)26-2)15-17-7-9-18(22)10-8-17/h3-12,22H,13-15H2,1-2H3/b4-3+. The Balaban J connectivity index is 2.19. The summed E-state index contributed by atoms with van der Waals surface area (Å²) in [5.74, 6) is 0.108. The first-order chi connectivity index (χ1) is 13.3. The first-order valence-electron chi connectivity index (χ1n) is 8.53. The Morgan fingerprint density at radius 3 is 2.32 bits per heavy atom. The van der Waals surface area contributed by atoms with Gasteiger partial charge in [0.05, 0.1) is 12.0 Å². The number of hydrogen-bond acceptors (Lipinski definition) is 6. The number of nitrogens with zero attached hydrogens (tertiary/aromatic N) is 1. The quantitative estimate of drug-likeness (QED) is 0.535. The van der Waals surface area contributed by atoms with E-state index < -0.39 is 16.2 Å². The fraction of sp³-hybridized carbons (Fsp3) is 0.250. The van der Waals surface area contributed by atoms with Crippen molar-refractivity contribution in [3.8, 4) is 5.75 Å². The number of carbonyl (C=O) groups is 1. The van der Waals surface area contributed by atoms with Crippen molar-refractivity contribution in [1.82, 2.24) is 4.31 Å². The zero-order valence-electron chi connectivity index (χ0n) is 15.7. The summed E-state index contributed by atoms with van der Waals surface area (Å²) in [4.78, 5) is 11.1. The number of sulfonamides is 1. The average Bonchev–Trinajstić information content (AvgIpc) is 2.68. The Kier molecular flexibility index (Phi) is 7.60. The van der Waals surface area contributed by atoms with Crippen LogP contribution in [0.4, 0.5) is 4.79 Å². The van der Waals surface area contributed by atoms with Crippen molar-refractivity contribution < 1.29 is 27.8 Å². The number of ether oxygens (including phenoxy) is 2. The van der Waals surface area contributed by atoms with Gasteiger partial charge in [-0.1, -0.05) is 35.9 Å². The van der Waals surface area contributed by atoms with Crippen LogP contribution in [0.5, 0.6) is 5.75 Å². The molecule has 0 aliphatic carbocycles. The van der Waals surface area contributed by atoms with E-state index in [-0.39, 0.29) is 30.3 Å². The molecule has 0 spiro atoms. The van der Waals surface area contributed by atoms with E-state index in [9.17, 15) is 18.3 Å². The van der Waals surface area contributed by atoms with Gasteiger partial charge in [-0.3, -0.25) is 0 Å². The van der Waals surface area contributed by atoms with Crippen LogP contribution in [0.3, 0.4) is 0 Å². The molecule has 0 amide bonds. The van der Waals surface area contributed by atoms with E-state index in [1.54, 1.807) is 48.6 Å². The summed E-state index contributed by atoms with van der Waals surface area (Å²) in [6, 6.07) is 13.0. The van der Waals surface area contributed by atoms with Crippen LogP contribution in [0.15, 0.2) is 65.6 Å². The van der Waals surface area contributed by atoms with Crippen LogP contribution < -0.4 is 0 Å². The Bertz CT molecular complexity index is 905. The second kappa shape index (κ2) is 9.91. The predicted octanol–water partition coefficient (Wildman–Crippen LogP) is 3.23. The van der Waals surface area contributed by atoms with Crippen molar-refractivity contribution in [3.63, 3.8) is 0 Å². The van der Waals surface area contributed by atoms with Crippen molar-refractivity contribution in [2.45, 2.75) is 18.4 Å². The number of rotatable bonds is 8. The number of hydrogen-bond donors (Lipinski definition) is 1. The second-order valence-electron chi connectivity index (χ2n) is 6.01. The predicted molar refractivity (Wildman–Crippen MR) is 104 cm³/mol. The minimum Gasteiger partial charge on any atom is -0.508 e. The van der Waals surface area contributed by atoms with E-state index in [0.29, 0.717) is 0 Å². The smallest absolute Gasteiger partial charge is 0.508 e. The van der Waals surface area contributed by atoms with E-state index >= 15 is 0 Å². The van der Waals surface area contributed by atoms with Gasteiger partial charge in [-0.2, -0.15) is 4.31 Å². The highest BCUT2D eigenvalue weighted by atomic mass is 32.2. The van der Waals surface area contributed by atoms with Gasteiger partial charge < -0.3 is 14.6 Å². The summed E-state index contributed by atoms with van der Waals surface area (Å²) < 4.78 is 36.6. The van der Waals surface area contributed by atoms with Gasteiger partial charge in [-0.05, 0) is 42.8 Å². The summed E-state index contributed by atoms with van der Waals surface area (Å²) in [5, 5.41) is 9.43. The molecule has 0 bridgehead atoms. The molecule has 2 aromatic carbocycles. The summed E-state index contributed by atoms with van der Waals surface area (Å²) in [7, 11) is -2.54. The first-order valence-corrected chi connectivity index (χ1v) is 9.97. The molecule has 0 unspecified atom stereocenters. The number of benzene rings is 2. The third-order valence-corrected chi connectivity index (χ3v) is 5.72. The lowest BCUT2D eigenvalue weighted by Crippen LogP contribution is -2.31. The maximum atomic E-state index is 13.1. The molecule has 0 saturated heterocycles. The van der Waals surface area contributed by atoms with E-state index in [0.717, 1.165) is 11.1 Å². The maximum Gasteiger partial charge on any atom is 0.508 e. The molecule has 0 radical (unpaired) electrons.